The van der Waals surface area contributed by atoms with Gasteiger partial charge in [0.05, 0.1) is 17.1 Å². The van der Waals surface area contributed by atoms with Gasteiger partial charge in [-0.3, -0.25) is 9.69 Å². The highest BCUT2D eigenvalue weighted by atomic mass is 16.2. The summed E-state index contributed by atoms with van der Waals surface area (Å²) in [5, 5.41) is 8.85. The van der Waals surface area contributed by atoms with E-state index in [1.165, 1.54) is 12.8 Å². The van der Waals surface area contributed by atoms with Crippen LogP contribution in [0.1, 0.15) is 61.1 Å². The molecule has 0 aromatic carbocycles. The van der Waals surface area contributed by atoms with E-state index in [4.69, 9.17) is 4.98 Å². The van der Waals surface area contributed by atoms with Crippen LogP contribution >= 0.6 is 0 Å². The molecule has 1 atom stereocenters. The van der Waals surface area contributed by atoms with Crippen molar-refractivity contribution < 1.29 is 4.79 Å². The summed E-state index contributed by atoms with van der Waals surface area (Å²) in [7, 11) is 0. The van der Waals surface area contributed by atoms with Crippen LogP contribution in [0.15, 0.2) is 12.3 Å². The average molecular weight is 383 g/mol. The van der Waals surface area contributed by atoms with Gasteiger partial charge >= 0.3 is 0 Å². The van der Waals surface area contributed by atoms with E-state index >= 15 is 0 Å². The van der Waals surface area contributed by atoms with Crippen molar-refractivity contribution in [3.8, 4) is 0 Å². The first-order valence-electron chi connectivity index (χ1n) is 10.7. The predicted molar refractivity (Wildman–Crippen MR) is 109 cm³/mol. The number of carbonyl (C=O) groups excluding carboxylic acids is 1. The Kier molecular flexibility index (Phi) is 4.59. The third-order valence-corrected chi connectivity index (χ3v) is 6.42. The Morgan fingerprint density at radius 3 is 2.68 bits per heavy atom. The highest BCUT2D eigenvalue weighted by Crippen LogP contribution is 2.40. The van der Waals surface area contributed by atoms with Gasteiger partial charge in [-0.25, -0.2) is 9.67 Å². The largest absolute Gasteiger partial charge is 0.337 e. The second-order valence-corrected chi connectivity index (χ2v) is 8.77. The molecular weight excluding hydrogens is 352 g/mol. The molecule has 7 heteroatoms. The molecule has 2 aliphatic heterocycles. The molecule has 5 rings (SSSR count). The third kappa shape index (κ3) is 3.20. The lowest BCUT2D eigenvalue weighted by Gasteiger charge is -2.32. The summed E-state index contributed by atoms with van der Waals surface area (Å²) >= 11 is 0. The van der Waals surface area contributed by atoms with Crippen molar-refractivity contribution in [2.24, 2.45) is 0 Å². The van der Waals surface area contributed by atoms with Crippen molar-refractivity contribution in [2.45, 2.75) is 51.1 Å². The summed E-state index contributed by atoms with van der Waals surface area (Å²) in [5.41, 5.74) is 2.72. The first kappa shape index (κ1) is 18.1. The maximum Gasteiger partial charge on any atom is 0.254 e. The average Bonchev–Trinajstić information content (AvgIpc) is 3.28. The molecule has 7 nitrogen and oxygen atoms in total. The SMILES string of the molecule is CC(C)n1ncc2c(C(=O)N3CCC(N4CCNCC4)C3)cc(C3CC3)nc21. The lowest BCUT2D eigenvalue weighted by atomic mass is 10.1. The molecule has 1 aliphatic carbocycles. The van der Waals surface area contributed by atoms with Crippen LogP contribution in [0.4, 0.5) is 0 Å². The number of nitrogens with one attached hydrogen (secondary N) is 1. The number of amides is 1. The number of likely N-dealkylation sites (tertiary alicyclic amines) is 1. The third-order valence-electron chi connectivity index (χ3n) is 6.42. The van der Waals surface area contributed by atoms with E-state index in [0.717, 1.165) is 68.0 Å². The number of hydrogen-bond acceptors (Lipinski definition) is 5. The Morgan fingerprint density at radius 1 is 1.18 bits per heavy atom. The van der Waals surface area contributed by atoms with E-state index in [1.54, 1.807) is 0 Å². The molecule has 0 radical (unpaired) electrons. The van der Waals surface area contributed by atoms with Gasteiger partial charge in [0.1, 0.15) is 0 Å². The summed E-state index contributed by atoms with van der Waals surface area (Å²) < 4.78 is 1.95. The van der Waals surface area contributed by atoms with Crippen LogP contribution in [-0.4, -0.2) is 75.8 Å². The number of carbonyl (C=O) groups is 1. The molecule has 1 saturated carbocycles. The van der Waals surface area contributed by atoms with Crippen molar-refractivity contribution in [2.75, 3.05) is 39.3 Å². The number of hydrogen-bond donors (Lipinski definition) is 1. The maximum atomic E-state index is 13.5. The summed E-state index contributed by atoms with van der Waals surface area (Å²) in [4.78, 5) is 23.0. The normalized spacial score (nSPS) is 23.8. The number of pyridine rings is 1. The number of fused-ring (bicyclic) bond motifs is 1. The van der Waals surface area contributed by atoms with Gasteiger partial charge in [-0.05, 0) is 39.2 Å². The maximum absolute atomic E-state index is 13.5. The number of piperazine rings is 1. The van der Waals surface area contributed by atoms with Gasteiger partial charge in [-0.15, -0.1) is 0 Å². The zero-order chi connectivity index (χ0) is 19.3. The fourth-order valence-corrected chi connectivity index (χ4v) is 4.62. The van der Waals surface area contributed by atoms with E-state index in [1.807, 2.05) is 21.8 Å². The lowest BCUT2D eigenvalue weighted by molar-refractivity contribution is 0.0775. The summed E-state index contributed by atoms with van der Waals surface area (Å²) in [6.07, 6.45) is 5.25. The van der Waals surface area contributed by atoms with Gasteiger partial charge in [0.25, 0.3) is 5.91 Å². The quantitative estimate of drug-likeness (QED) is 0.876. The molecule has 150 valence electrons. The zero-order valence-electron chi connectivity index (χ0n) is 16.9. The van der Waals surface area contributed by atoms with E-state index < -0.39 is 0 Å². The molecule has 2 aromatic rings. The van der Waals surface area contributed by atoms with Crippen molar-refractivity contribution in [1.82, 2.24) is 29.9 Å². The second-order valence-electron chi connectivity index (χ2n) is 8.77. The summed E-state index contributed by atoms with van der Waals surface area (Å²) in [6.45, 7) is 10.2. The Balaban J connectivity index is 1.44. The van der Waals surface area contributed by atoms with Crippen molar-refractivity contribution >= 4 is 16.9 Å². The molecular formula is C21H30N6O. The molecule has 1 N–H and O–H groups in total. The topological polar surface area (TPSA) is 66.3 Å². The Bertz CT molecular complexity index is 880. The smallest absolute Gasteiger partial charge is 0.254 e. The minimum atomic E-state index is 0.148. The first-order chi connectivity index (χ1) is 13.6. The van der Waals surface area contributed by atoms with Crippen molar-refractivity contribution in [1.29, 1.82) is 0 Å². The van der Waals surface area contributed by atoms with Gasteiger partial charge in [0, 0.05) is 63.0 Å². The van der Waals surface area contributed by atoms with Gasteiger partial charge in [-0.1, -0.05) is 0 Å². The van der Waals surface area contributed by atoms with E-state index in [0.29, 0.717) is 12.0 Å². The minimum Gasteiger partial charge on any atom is -0.337 e. The molecule has 2 aromatic heterocycles. The fourth-order valence-electron chi connectivity index (χ4n) is 4.62. The molecule has 1 amide bonds. The fraction of sp³-hybridized carbons (Fsp3) is 0.667. The molecule has 4 heterocycles. The van der Waals surface area contributed by atoms with Crippen LogP contribution in [0, 0.1) is 0 Å². The molecule has 0 spiro atoms. The van der Waals surface area contributed by atoms with E-state index in [2.05, 4.69) is 29.2 Å². The van der Waals surface area contributed by atoms with Crippen LogP contribution < -0.4 is 5.32 Å². The van der Waals surface area contributed by atoms with E-state index in [9.17, 15) is 4.79 Å². The second kappa shape index (κ2) is 7.12. The van der Waals surface area contributed by atoms with Gasteiger partial charge < -0.3 is 10.2 Å². The lowest BCUT2D eigenvalue weighted by Crippen LogP contribution is -2.49. The Labute approximate surface area is 166 Å². The van der Waals surface area contributed by atoms with Gasteiger partial charge in [-0.2, -0.15) is 5.10 Å². The molecule has 3 aliphatic rings. The first-order valence-corrected chi connectivity index (χ1v) is 10.7. The number of nitrogens with zero attached hydrogens (tertiary/aromatic N) is 5. The van der Waals surface area contributed by atoms with Crippen LogP contribution in [0.3, 0.4) is 0 Å². The molecule has 0 bridgehead atoms. The number of rotatable bonds is 4. The van der Waals surface area contributed by atoms with Crippen molar-refractivity contribution in [3.63, 3.8) is 0 Å². The Hall–Kier alpha value is -1.99. The molecule has 1 unspecified atom stereocenters. The summed E-state index contributed by atoms with van der Waals surface area (Å²) in [6, 6.07) is 2.77. The van der Waals surface area contributed by atoms with E-state index in [-0.39, 0.29) is 11.9 Å². The van der Waals surface area contributed by atoms with Crippen molar-refractivity contribution in [3.05, 3.63) is 23.5 Å². The summed E-state index contributed by atoms with van der Waals surface area (Å²) in [5.74, 6) is 0.661. The van der Waals surface area contributed by atoms with Crippen LogP contribution in [0.5, 0.6) is 0 Å². The zero-order valence-corrected chi connectivity index (χ0v) is 16.9. The molecule has 3 fully saturated rings. The predicted octanol–water partition coefficient (Wildman–Crippen LogP) is 2.01. The molecule has 28 heavy (non-hydrogen) atoms. The Morgan fingerprint density at radius 2 is 1.96 bits per heavy atom. The standard InChI is InChI=1S/C21H30N6O/c1-14(2)27-20-18(12-23-27)17(11-19(24-20)15-3-4-15)21(28)26-8-5-16(13-26)25-9-6-22-7-10-25/h11-12,14-16,22H,3-10,13H2,1-2H3. The van der Waals surface area contributed by atoms with Gasteiger partial charge in [0.15, 0.2) is 5.65 Å². The molecule has 2 saturated heterocycles. The highest BCUT2D eigenvalue weighted by molar-refractivity contribution is 6.05. The van der Waals surface area contributed by atoms with Crippen LogP contribution in [0.25, 0.3) is 11.0 Å². The van der Waals surface area contributed by atoms with Gasteiger partial charge in [0.2, 0.25) is 0 Å². The van der Waals surface area contributed by atoms with Crippen LogP contribution in [-0.2, 0) is 0 Å². The van der Waals surface area contributed by atoms with Crippen LogP contribution in [0.2, 0.25) is 0 Å². The highest BCUT2D eigenvalue weighted by Gasteiger charge is 2.34. The monoisotopic (exact) mass is 382 g/mol. The minimum absolute atomic E-state index is 0.148. The number of aromatic nitrogens is 3.